The number of fused-ring (bicyclic) bond motifs is 2. The van der Waals surface area contributed by atoms with Crippen LogP contribution in [0.15, 0.2) is 103 Å². The van der Waals surface area contributed by atoms with Crippen LogP contribution in [0.4, 0.5) is 5.69 Å². The Morgan fingerprint density at radius 3 is 1.86 bits per heavy atom. The lowest BCUT2D eigenvalue weighted by molar-refractivity contribution is 0.483. The van der Waals surface area contributed by atoms with Crippen LogP contribution in [0.3, 0.4) is 0 Å². The normalized spacial score (nSPS) is 11.0. The largest absolute Gasteiger partial charge is 0.457 e. The first-order valence-electron chi connectivity index (χ1n) is 9.32. The first-order chi connectivity index (χ1) is 13.8. The highest BCUT2D eigenvalue weighted by Gasteiger charge is 2.06. The van der Waals surface area contributed by atoms with Gasteiger partial charge in [-0.05, 0) is 81.2 Å². The van der Waals surface area contributed by atoms with Crippen molar-refractivity contribution in [3.63, 3.8) is 0 Å². The van der Waals surface area contributed by atoms with Gasteiger partial charge in [-0.25, -0.2) is 0 Å². The molecule has 0 radical (unpaired) electrons. The fourth-order valence-corrected chi connectivity index (χ4v) is 3.59. The number of nitrogen functional groups attached to an aromatic ring is 1. The van der Waals surface area contributed by atoms with Crippen molar-refractivity contribution in [1.29, 1.82) is 0 Å². The lowest BCUT2D eigenvalue weighted by Gasteiger charge is -2.10. The molecule has 0 fully saturated rings. The molecule has 28 heavy (non-hydrogen) atoms. The quantitative estimate of drug-likeness (QED) is 0.276. The van der Waals surface area contributed by atoms with Crippen LogP contribution in [0.5, 0.6) is 11.5 Å². The summed E-state index contributed by atoms with van der Waals surface area (Å²) in [4.78, 5) is 0. The van der Waals surface area contributed by atoms with E-state index in [0.717, 1.165) is 17.2 Å². The highest BCUT2D eigenvalue weighted by molar-refractivity contribution is 6.04. The Labute approximate surface area is 163 Å². The van der Waals surface area contributed by atoms with Crippen LogP contribution in [0.1, 0.15) is 0 Å². The van der Waals surface area contributed by atoms with Crippen molar-refractivity contribution < 1.29 is 4.74 Å². The van der Waals surface area contributed by atoms with Gasteiger partial charge in [0.1, 0.15) is 11.5 Å². The molecule has 0 aliphatic rings. The Balaban J connectivity index is 1.52. The standard InChI is InChI=1S/C26H19NO/c27-22-10-14-24(15-11-22)28-23-12-8-18(9-13-23)25-7-3-6-21-16-19-4-1-2-5-20(19)17-26(21)25/h1-17H,27H2. The maximum absolute atomic E-state index is 5.91. The SMILES string of the molecule is Nc1ccc(Oc2ccc(-c3cccc4cc5ccccc5cc34)cc2)cc1. The molecule has 0 aliphatic carbocycles. The first kappa shape index (κ1) is 16.4. The van der Waals surface area contributed by atoms with E-state index < -0.39 is 0 Å². The van der Waals surface area contributed by atoms with Crippen LogP contribution in [0.25, 0.3) is 32.7 Å². The maximum Gasteiger partial charge on any atom is 0.127 e. The minimum atomic E-state index is 0.728. The van der Waals surface area contributed by atoms with Gasteiger partial charge in [-0.1, -0.05) is 54.6 Å². The number of anilines is 1. The molecule has 5 aromatic carbocycles. The Bertz CT molecular complexity index is 1270. The summed E-state index contributed by atoms with van der Waals surface area (Å²) in [6, 6.07) is 35.1. The third-order valence-electron chi connectivity index (χ3n) is 5.03. The van der Waals surface area contributed by atoms with E-state index in [2.05, 4.69) is 66.7 Å². The van der Waals surface area contributed by atoms with Crippen molar-refractivity contribution in [3.8, 4) is 22.6 Å². The number of rotatable bonds is 3. The fourth-order valence-electron chi connectivity index (χ4n) is 3.59. The minimum Gasteiger partial charge on any atom is -0.457 e. The van der Waals surface area contributed by atoms with Crippen LogP contribution in [-0.2, 0) is 0 Å². The zero-order valence-corrected chi connectivity index (χ0v) is 15.3. The van der Waals surface area contributed by atoms with Gasteiger partial charge in [0.25, 0.3) is 0 Å². The summed E-state index contributed by atoms with van der Waals surface area (Å²) in [5.74, 6) is 1.58. The average molecular weight is 361 g/mol. The molecular formula is C26H19NO. The second kappa shape index (κ2) is 6.75. The molecule has 2 N–H and O–H groups in total. The van der Waals surface area contributed by atoms with Gasteiger partial charge < -0.3 is 10.5 Å². The third kappa shape index (κ3) is 3.06. The molecule has 0 heterocycles. The summed E-state index contributed by atoms with van der Waals surface area (Å²) >= 11 is 0. The van der Waals surface area contributed by atoms with Crippen molar-refractivity contribution >= 4 is 27.2 Å². The Morgan fingerprint density at radius 1 is 0.536 bits per heavy atom. The van der Waals surface area contributed by atoms with Gasteiger partial charge in [0.05, 0.1) is 0 Å². The van der Waals surface area contributed by atoms with Crippen LogP contribution >= 0.6 is 0 Å². The number of hydrogen-bond donors (Lipinski definition) is 1. The summed E-state index contributed by atoms with van der Waals surface area (Å²) in [5.41, 5.74) is 8.85. The number of ether oxygens (including phenoxy) is 1. The Kier molecular flexibility index (Phi) is 3.95. The van der Waals surface area contributed by atoms with Crippen molar-refractivity contribution in [2.45, 2.75) is 0 Å². The van der Waals surface area contributed by atoms with Gasteiger partial charge in [-0.15, -0.1) is 0 Å². The van der Waals surface area contributed by atoms with Crippen LogP contribution in [-0.4, -0.2) is 0 Å². The van der Waals surface area contributed by atoms with Crippen molar-refractivity contribution in [2.24, 2.45) is 0 Å². The van der Waals surface area contributed by atoms with E-state index >= 15 is 0 Å². The molecule has 0 aromatic heterocycles. The predicted molar refractivity (Wildman–Crippen MR) is 118 cm³/mol. The van der Waals surface area contributed by atoms with Crippen LogP contribution < -0.4 is 10.5 Å². The number of hydrogen-bond acceptors (Lipinski definition) is 2. The highest BCUT2D eigenvalue weighted by Crippen LogP contribution is 2.33. The average Bonchev–Trinajstić information content (AvgIpc) is 2.74. The van der Waals surface area contributed by atoms with Crippen molar-refractivity contribution in [1.82, 2.24) is 0 Å². The van der Waals surface area contributed by atoms with E-state index in [4.69, 9.17) is 10.5 Å². The second-order valence-corrected chi connectivity index (χ2v) is 6.92. The van der Waals surface area contributed by atoms with Gasteiger partial charge >= 0.3 is 0 Å². The van der Waals surface area contributed by atoms with Crippen molar-refractivity contribution in [2.75, 3.05) is 5.73 Å². The summed E-state index contributed by atoms with van der Waals surface area (Å²) in [7, 11) is 0. The molecule has 0 amide bonds. The molecule has 134 valence electrons. The van der Waals surface area contributed by atoms with Gasteiger partial charge in [0.2, 0.25) is 0 Å². The minimum absolute atomic E-state index is 0.728. The topological polar surface area (TPSA) is 35.2 Å². The summed E-state index contributed by atoms with van der Waals surface area (Å²) in [5, 5.41) is 5.02. The highest BCUT2D eigenvalue weighted by atomic mass is 16.5. The van der Waals surface area contributed by atoms with Crippen molar-refractivity contribution in [3.05, 3.63) is 103 Å². The van der Waals surface area contributed by atoms with Crippen LogP contribution in [0.2, 0.25) is 0 Å². The van der Waals surface area contributed by atoms with Crippen LogP contribution in [0, 0.1) is 0 Å². The molecule has 0 atom stereocenters. The zero-order chi connectivity index (χ0) is 18.9. The second-order valence-electron chi connectivity index (χ2n) is 6.92. The summed E-state index contributed by atoms with van der Waals surface area (Å²) < 4.78 is 5.91. The lowest BCUT2D eigenvalue weighted by Crippen LogP contribution is -1.87. The molecule has 2 nitrogen and oxygen atoms in total. The molecule has 0 saturated heterocycles. The monoisotopic (exact) mass is 361 g/mol. The van der Waals surface area contributed by atoms with Gasteiger partial charge in [-0.3, -0.25) is 0 Å². The number of benzene rings is 5. The van der Waals surface area contributed by atoms with Gasteiger partial charge in [0, 0.05) is 5.69 Å². The molecule has 0 spiro atoms. The van der Waals surface area contributed by atoms with E-state index in [-0.39, 0.29) is 0 Å². The van der Waals surface area contributed by atoms with E-state index in [1.54, 1.807) is 0 Å². The first-order valence-corrected chi connectivity index (χ1v) is 9.32. The molecule has 0 bridgehead atoms. The lowest BCUT2D eigenvalue weighted by atomic mass is 9.95. The van der Waals surface area contributed by atoms with Gasteiger partial charge in [0.15, 0.2) is 0 Å². The molecule has 5 rings (SSSR count). The summed E-state index contributed by atoms with van der Waals surface area (Å²) in [6.45, 7) is 0. The molecule has 5 aromatic rings. The Morgan fingerprint density at radius 2 is 1.14 bits per heavy atom. The van der Waals surface area contributed by atoms with E-state index in [9.17, 15) is 0 Å². The predicted octanol–water partition coefficient (Wildman–Crippen LogP) is 7.03. The molecule has 0 saturated carbocycles. The van der Waals surface area contributed by atoms with E-state index in [1.807, 2.05) is 36.4 Å². The summed E-state index contributed by atoms with van der Waals surface area (Å²) in [6.07, 6.45) is 0. The maximum atomic E-state index is 5.91. The Hall–Kier alpha value is -3.78. The number of nitrogens with two attached hydrogens (primary N) is 1. The fraction of sp³-hybridized carbons (Fsp3) is 0. The molecule has 0 aliphatic heterocycles. The molecule has 2 heteroatoms. The third-order valence-corrected chi connectivity index (χ3v) is 5.03. The molecular weight excluding hydrogens is 342 g/mol. The van der Waals surface area contributed by atoms with E-state index in [1.165, 1.54) is 32.7 Å². The van der Waals surface area contributed by atoms with E-state index in [0.29, 0.717) is 0 Å². The van der Waals surface area contributed by atoms with Gasteiger partial charge in [-0.2, -0.15) is 0 Å². The zero-order valence-electron chi connectivity index (χ0n) is 15.3. The smallest absolute Gasteiger partial charge is 0.127 e. The molecule has 0 unspecified atom stereocenters.